The SMILES string of the molecule is CCC(C)(C)NCC(C)Oc1cccc2c1OC(C)(C)C2. The maximum Gasteiger partial charge on any atom is 0.165 e. The summed E-state index contributed by atoms with van der Waals surface area (Å²) in [5, 5.41) is 3.55. The predicted molar refractivity (Wildman–Crippen MR) is 87.3 cm³/mol. The van der Waals surface area contributed by atoms with Crippen molar-refractivity contribution in [2.24, 2.45) is 0 Å². The van der Waals surface area contributed by atoms with Gasteiger partial charge in [-0.3, -0.25) is 0 Å². The zero-order valence-corrected chi connectivity index (χ0v) is 14.2. The van der Waals surface area contributed by atoms with Crippen molar-refractivity contribution in [1.82, 2.24) is 5.32 Å². The lowest BCUT2D eigenvalue weighted by molar-refractivity contribution is 0.125. The van der Waals surface area contributed by atoms with Crippen LogP contribution in [-0.4, -0.2) is 23.8 Å². The van der Waals surface area contributed by atoms with Gasteiger partial charge in [-0.05, 0) is 47.1 Å². The van der Waals surface area contributed by atoms with E-state index < -0.39 is 0 Å². The number of benzene rings is 1. The Hall–Kier alpha value is -1.22. The standard InChI is InChI=1S/C18H29NO2/c1-7-17(3,4)19-12-13(2)20-15-10-8-9-14-11-18(5,6)21-16(14)15/h8-10,13,19H,7,11-12H2,1-6H3. The summed E-state index contributed by atoms with van der Waals surface area (Å²) in [6.45, 7) is 13.8. The van der Waals surface area contributed by atoms with Gasteiger partial charge >= 0.3 is 0 Å². The van der Waals surface area contributed by atoms with Crippen LogP contribution in [0.4, 0.5) is 0 Å². The summed E-state index contributed by atoms with van der Waals surface area (Å²) in [6, 6.07) is 6.18. The van der Waals surface area contributed by atoms with Crippen molar-refractivity contribution in [3.63, 3.8) is 0 Å². The van der Waals surface area contributed by atoms with Crippen LogP contribution in [0.2, 0.25) is 0 Å². The molecule has 0 spiro atoms. The molecule has 1 atom stereocenters. The Kier molecular flexibility index (Phi) is 4.52. The lowest BCUT2D eigenvalue weighted by Gasteiger charge is -2.27. The number of nitrogens with one attached hydrogen (secondary N) is 1. The molecule has 0 fully saturated rings. The molecule has 2 rings (SSSR count). The molecule has 21 heavy (non-hydrogen) atoms. The molecule has 118 valence electrons. The van der Waals surface area contributed by atoms with Gasteiger partial charge in [0.2, 0.25) is 0 Å². The lowest BCUT2D eigenvalue weighted by Crippen LogP contribution is -2.43. The van der Waals surface area contributed by atoms with Crippen LogP contribution in [0.1, 0.15) is 53.5 Å². The number of rotatable bonds is 6. The summed E-state index contributed by atoms with van der Waals surface area (Å²) in [4.78, 5) is 0. The van der Waals surface area contributed by atoms with Crippen molar-refractivity contribution < 1.29 is 9.47 Å². The van der Waals surface area contributed by atoms with E-state index in [0.29, 0.717) is 0 Å². The van der Waals surface area contributed by atoms with Gasteiger partial charge in [0.1, 0.15) is 11.7 Å². The fraction of sp³-hybridized carbons (Fsp3) is 0.667. The van der Waals surface area contributed by atoms with E-state index in [9.17, 15) is 0 Å². The predicted octanol–water partition coefficient (Wildman–Crippen LogP) is 3.95. The molecule has 0 bridgehead atoms. The molecule has 3 nitrogen and oxygen atoms in total. The smallest absolute Gasteiger partial charge is 0.165 e. The van der Waals surface area contributed by atoms with Gasteiger partial charge < -0.3 is 14.8 Å². The number of para-hydroxylation sites is 1. The molecule has 0 saturated carbocycles. The van der Waals surface area contributed by atoms with Crippen LogP contribution in [-0.2, 0) is 6.42 Å². The molecule has 1 aromatic rings. The van der Waals surface area contributed by atoms with Gasteiger partial charge in [-0.25, -0.2) is 0 Å². The third-order valence-corrected chi connectivity index (χ3v) is 4.14. The first-order valence-electron chi connectivity index (χ1n) is 7.95. The maximum absolute atomic E-state index is 6.10. The van der Waals surface area contributed by atoms with Crippen molar-refractivity contribution in [3.05, 3.63) is 23.8 Å². The van der Waals surface area contributed by atoms with Gasteiger partial charge in [-0.2, -0.15) is 0 Å². The summed E-state index contributed by atoms with van der Waals surface area (Å²) in [5.41, 5.74) is 1.26. The summed E-state index contributed by atoms with van der Waals surface area (Å²) in [7, 11) is 0. The van der Waals surface area contributed by atoms with E-state index in [1.54, 1.807) is 0 Å². The molecule has 1 N–H and O–H groups in total. The quantitative estimate of drug-likeness (QED) is 0.861. The van der Waals surface area contributed by atoms with E-state index >= 15 is 0 Å². The average Bonchev–Trinajstić information content (AvgIpc) is 2.72. The van der Waals surface area contributed by atoms with Gasteiger partial charge in [0.25, 0.3) is 0 Å². The van der Waals surface area contributed by atoms with Gasteiger partial charge in [0, 0.05) is 24.1 Å². The third kappa shape index (κ3) is 4.13. The molecule has 3 heteroatoms. The van der Waals surface area contributed by atoms with Crippen LogP contribution < -0.4 is 14.8 Å². The molecule has 0 radical (unpaired) electrons. The highest BCUT2D eigenvalue weighted by Gasteiger charge is 2.32. The number of fused-ring (bicyclic) bond motifs is 1. The van der Waals surface area contributed by atoms with Gasteiger partial charge in [-0.15, -0.1) is 0 Å². The largest absolute Gasteiger partial charge is 0.485 e. The van der Waals surface area contributed by atoms with E-state index in [2.05, 4.69) is 59.0 Å². The minimum atomic E-state index is -0.131. The summed E-state index contributed by atoms with van der Waals surface area (Å²) >= 11 is 0. The molecule has 0 aliphatic carbocycles. The minimum absolute atomic E-state index is 0.106. The van der Waals surface area contributed by atoms with Crippen LogP contribution in [0.15, 0.2) is 18.2 Å². The van der Waals surface area contributed by atoms with Crippen molar-refractivity contribution >= 4 is 0 Å². The monoisotopic (exact) mass is 291 g/mol. The molecule has 1 aliphatic heterocycles. The molecule has 0 amide bonds. The number of ether oxygens (including phenoxy) is 2. The first-order chi connectivity index (χ1) is 9.72. The van der Waals surface area contributed by atoms with E-state index in [-0.39, 0.29) is 17.2 Å². The average molecular weight is 291 g/mol. The zero-order chi connectivity index (χ0) is 15.7. The second-order valence-corrected chi connectivity index (χ2v) is 7.33. The van der Waals surface area contributed by atoms with Crippen molar-refractivity contribution in [2.75, 3.05) is 6.54 Å². The third-order valence-electron chi connectivity index (χ3n) is 4.14. The Morgan fingerprint density at radius 2 is 2.10 bits per heavy atom. The number of hydrogen-bond acceptors (Lipinski definition) is 3. The molecular weight excluding hydrogens is 262 g/mol. The minimum Gasteiger partial charge on any atom is -0.485 e. The van der Waals surface area contributed by atoms with Crippen molar-refractivity contribution in [1.29, 1.82) is 0 Å². The topological polar surface area (TPSA) is 30.5 Å². The molecule has 1 heterocycles. The highest BCUT2D eigenvalue weighted by atomic mass is 16.5. The van der Waals surface area contributed by atoms with Crippen LogP contribution in [0.5, 0.6) is 11.5 Å². The fourth-order valence-corrected chi connectivity index (χ4v) is 2.48. The van der Waals surface area contributed by atoms with Crippen LogP contribution >= 0.6 is 0 Å². The van der Waals surface area contributed by atoms with Gasteiger partial charge in [-0.1, -0.05) is 19.1 Å². The summed E-state index contributed by atoms with van der Waals surface area (Å²) < 4.78 is 12.2. The van der Waals surface area contributed by atoms with E-state index in [1.165, 1.54) is 5.56 Å². The Morgan fingerprint density at radius 1 is 1.38 bits per heavy atom. The molecule has 1 unspecified atom stereocenters. The second kappa shape index (κ2) is 5.88. The Morgan fingerprint density at radius 3 is 2.76 bits per heavy atom. The van der Waals surface area contributed by atoms with Gasteiger partial charge in [0.15, 0.2) is 11.5 Å². The van der Waals surface area contributed by atoms with Gasteiger partial charge in [0.05, 0.1) is 0 Å². The van der Waals surface area contributed by atoms with Crippen LogP contribution in [0, 0.1) is 0 Å². The van der Waals surface area contributed by atoms with Crippen molar-refractivity contribution in [3.8, 4) is 11.5 Å². The highest BCUT2D eigenvalue weighted by molar-refractivity contribution is 5.50. The van der Waals surface area contributed by atoms with E-state index in [0.717, 1.165) is 30.9 Å². The molecule has 0 aromatic heterocycles. The highest BCUT2D eigenvalue weighted by Crippen LogP contribution is 2.42. The molecule has 1 aliphatic rings. The first kappa shape index (κ1) is 16.2. The normalized spacial score (nSPS) is 18.0. The Balaban J connectivity index is 2.00. The summed E-state index contributed by atoms with van der Waals surface area (Å²) in [6.07, 6.45) is 2.14. The number of hydrogen-bond donors (Lipinski definition) is 1. The molecular formula is C18H29NO2. The lowest BCUT2D eigenvalue weighted by atomic mass is 10.0. The zero-order valence-electron chi connectivity index (χ0n) is 14.2. The molecule has 0 saturated heterocycles. The Labute approximate surface area is 129 Å². The summed E-state index contributed by atoms with van der Waals surface area (Å²) in [5.74, 6) is 1.78. The fourth-order valence-electron chi connectivity index (χ4n) is 2.48. The second-order valence-electron chi connectivity index (χ2n) is 7.33. The van der Waals surface area contributed by atoms with Crippen LogP contribution in [0.25, 0.3) is 0 Å². The maximum atomic E-state index is 6.10. The first-order valence-corrected chi connectivity index (χ1v) is 7.95. The Bertz CT molecular complexity index is 494. The van der Waals surface area contributed by atoms with Crippen molar-refractivity contribution in [2.45, 2.75) is 71.6 Å². The van der Waals surface area contributed by atoms with Crippen LogP contribution in [0.3, 0.4) is 0 Å². The molecule has 1 aromatic carbocycles. The van der Waals surface area contributed by atoms with E-state index in [1.807, 2.05) is 6.07 Å². The van der Waals surface area contributed by atoms with E-state index in [4.69, 9.17) is 9.47 Å².